The number of amides is 2. The molecule has 2 aromatic carbocycles. The van der Waals surface area contributed by atoms with Crippen LogP contribution in [0.3, 0.4) is 0 Å². The summed E-state index contributed by atoms with van der Waals surface area (Å²) in [4.78, 5) is 39.9. The quantitative estimate of drug-likeness (QED) is 0.608. The van der Waals surface area contributed by atoms with Crippen molar-refractivity contribution < 1.29 is 19.1 Å². The van der Waals surface area contributed by atoms with Crippen molar-refractivity contribution in [2.45, 2.75) is 31.9 Å². The van der Waals surface area contributed by atoms with Gasteiger partial charge < -0.3 is 15.0 Å². The summed E-state index contributed by atoms with van der Waals surface area (Å²) in [6.07, 6.45) is 2.13. The van der Waals surface area contributed by atoms with Crippen LogP contribution in [0.5, 0.6) is 0 Å². The molecule has 1 N–H and O–H groups in total. The molecule has 2 amide bonds. The average Bonchev–Trinajstić information content (AvgIpc) is 3.20. The second-order valence-electron chi connectivity index (χ2n) is 7.26. The van der Waals surface area contributed by atoms with E-state index in [1.54, 1.807) is 47.9 Å². The van der Waals surface area contributed by atoms with E-state index in [4.69, 9.17) is 16.3 Å². The van der Waals surface area contributed by atoms with E-state index in [-0.39, 0.29) is 5.91 Å². The normalized spacial score (nSPS) is 14.5. The van der Waals surface area contributed by atoms with Crippen molar-refractivity contribution in [2.75, 3.05) is 23.5 Å². The summed E-state index contributed by atoms with van der Waals surface area (Å²) in [5.74, 6) is -0.634. The molecular formula is C23H25ClN2O4S. The summed E-state index contributed by atoms with van der Waals surface area (Å²) in [6.45, 7) is 2.12. The van der Waals surface area contributed by atoms with Gasteiger partial charge in [0.05, 0.1) is 0 Å². The lowest BCUT2D eigenvalue weighted by Crippen LogP contribution is -2.46. The van der Waals surface area contributed by atoms with Crippen molar-refractivity contribution >= 4 is 46.8 Å². The Balaban J connectivity index is 1.65. The first-order valence-electron chi connectivity index (χ1n) is 10.1. The number of rotatable bonds is 8. The van der Waals surface area contributed by atoms with E-state index in [2.05, 4.69) is 5.32 Å². The van der Waals surface area contributed by atoms with Gasteiger partial charge in [0.1, 0.15) is 6.04 Å². The number of hydrogen-bond donors (Lipinski definition) is 1. The van der Waals surface area contributed by atoms with Crippen LogP contribution in [-0.4, -0.2) is 48.5 Å². The Bertz CT molecular complexity index is 951. The Labute approximate surface area is 191 Å². The summed E-state index contributed by atoms with van der Waals surface area (Å²) >= 11 is 7.43. The minimum atomic E-state index is -0.956. The highest BCUT2D eigenvalue weighted by molar-refractivity contribution is 7.98. The molecular weight excluding hydrogens is 436 g/mol. The number of fused-ring (bicyclic) bond motifs is 1. The van der Waals surface area contributed by atoms with E-state index in [1.165, 1.54) is 0 Å². The molecule has 0 aromatic heterocycles. The fourth-order valence-corrected chi connectivity index (χ4v) is 4.02. The van der Waals surface area contributed by atoms with Gasteiger partial charge >= 0.3 is 5.97 Å². The molecule has 6 nitrogen and oxygen atoms in total. The van der Waals surface area contributed by atoms with Gasteiger partial charge in [0, 0.05) is 22.8 Å². The van der Waals surface area contributed by atoms with Gasteiger partial charge in [-0.2, -0.15) is 11.8 Å². The summed E-state index contributed by atoms with van der Waals surface area (Å²) in [7, 11) is 0. The van der Waals surface area contributed by atoms with Crippen LogP contribution >= 0.6 is 23.4 Å². The first-order valence-corrected chi connectivity index (χ1v) is 11.8. The molecule has 0 saturated heterocycles. The molecule has 0 aliphatic carbocycles. The second kappa shape index (κ2) is 10.7. The lowest BCUT2D eigenvalue weighted by atomic mass is 10.1. The number of para-hydroxylation sites is 1. The van der Waals surface area contributed by atoms with Crippen LogP contribution in [0.2, 0.25) is 5.02 Å². The van der Waals surface area contributed by atoms with Crippen molar-refractivity contribution in [1.29, 1.82) is 0 Å². The monoisotopic (exact) mass is 460 g/mol. The van der Waals surface area contributed by atoms with Crippen LogP contribution < -0.4 is 10.2 Å². The zero-order valence-corrected chi connectivity index (χ0v) is 19.0. The minimum Gasteiger partial charge on any atom is -0.451 e. The third-order valence-electron chi connectivity index (χ3n) is 5.10. The van der Waals surface area contributed by atoms with Gasteiger partial charge in [-0.1, -0.05) is 29.8 Å². The fourth-order valence-electron chi connectivity index (χ4n) is 3.42. The standard InChI is InChI=1S/C23H25ClN2O4S/c1-15(22(28)26-13-11-16-5-3-4-6-20(16)26)30-23(29)19(12-14-31-2)25-21(27)17-7-9-18(24)10-8-17/h3-10,15,19H,11-14H2,1-2H3,(H,25,27)/t15-,19+/m1/s1. The predicted molar refractivity (Wildman–Crippen MR) is 124 cm³/mol. The number of thioether (sulfide) groups is 1. The number of ether oxygens (including phenoxy) is 1. The van der Waals surface area contributed by atoms with Crippen LogP contribution in [0, 0.1) is 0 Å². The van der Waals surface area contributed by atoms with Crippen LogP contribution in [0.1, 0.15) is 29.3 Å². The van der Waals surface area contributed by atoms with Crippen molar-refractivity contribution in [3.63, 3.8) is 0 Å². The van der Waals surface area contributed by atoms with Crippen LogP contribution in [0.25, 0.3) is 0 Å². The largest absolute Gasteiger partial charge is 0.451 e. The van der Waals surface area contributed by atoms with E-state index in [0.717, 1.165) is 17.7 Å². The topological polar surface area (TPSA) is 75.7 Å². The molecule has 0 spiro atoms. The maximum Gasteiger partial charge on any atom is 0.329 e. The summed E-state index contributed by atoms with van der Waals surface area (Å²) in [5, 5.41) is 3.24. The number of hydrogen-bond acceptors (Lipinski definition) is 5. The molecule has 3 rings (SSSR count). The zero-order valence-electron chi connectivity index (χ0n) is 17.5. The van der Waals surface area contributed by atoms with Gasteiger partial charge in [0.25, 0.3) is 11.8 Å². The van der Waals surface area contributed by atoms with E-state index in [9.17, 15) is 14.4 Å². The zero-order chi connectivity index (χ0) is 22.4. The van der Waals surface area contributed by atoms with Crippen LogP contribution in [-0.2, 0) is 20.7 Å². The average molecular weight is 461 g/mol. The van der Waals surface area contributed by atoms with Crippen LogP contribution in [0.4, 0.5) is 5.69 Å². The highest BCUT2D eigenvalue weighted by atomic mass is 35.5. The molecule has 1 aliphatic rings. The Morgan fingerprint density at radius 1 is 1.16 bits per heavy atom. The highest BCUT2D eigenvalue weighted by Crippen LogP contribution is 2.28. The van der Waals surface area contributed by atoms with Crippen molar-refractivity contribution in [1.82, 2.24) is 5.32 Å². The first-order chi connectivity index (χ1) is 14.9. The number of halogens is 1. The summed E-state index contributed by atoms with van der Waals surface area (Å²) in [5.41, 5.74) is 2.34. The lowest BCUT2D eigenvalue weighted by molar-refractivity contribution is -0.155. The predicted octanol–water partition coefficient (Wildman–Crippen LogP) is 3.71. The van der Waals surface area contributed by atoms with E-state index in [1.807, 2.05) is 30.5 Å². The Morgan fingerprint density at radius 3 is 2.58 bits per heavy atom. The Hall–Kier alpha value is -2.51. The highest BCUT2D eigenvalue weighted by Gasteiger charge is 2.32. The third kappa shape index (κ3) is 5.80. The number of carbonyl (C=O) groups excluding carboxylic acids is 3. The molecule has 31 heavy (non-hydrogen) atoms. The molecule has 8 heteroatoms. The van der Waals surface area contributed by atoms with E-state index >= 15 is 0 Å². The van der Waals surface area contributed by atoms with E-state index in [0.29, 0.717) is 29.3 Å². The lowest BCUT2D eigenvalue weighted by Gasteiger charge is -2.24. The second-order valence-corrected chi connectivity index (χ2v) is 8.68. The molecule has 1 heterocycles. The van der Waals surface area contributed by atoms with Gasteiger partial charge in [0.2, 0.25) is 0 Å². The number of esters is 1. The Kier molecular flexibility index (Phi) is 7.98. The minimum absolute atomic E-state index is 0.272. The number of carbonyl (C=O) groups is 3. The van der Waals surface area contributed by atoms with Gasteiger partial charge in [-0.15, -0.1) is 0 Å². The van der Waals surface area contributed by atoms with Crippen molar-refractivity contribution in [3.05, 3.63) is 64.7 Å². The molecule has 0 fully saturated rings. The molecule has 164 valence electrons. The van der Waals surface area contributed by atoms with Crippen molar-refractivity contribution in [2.24, 2.45) is 0 Å². The maximum atomic E-state index is 12.9. The molecule has 0 unspecified atom stereocenters. The SMILES string of the molecule is CSCC[C@H](NC(=O)c1ccc(Cl)cc1)C(=O)O[C@H](C)C(=O)N1CCc2ccccc21. The molecule has 0 saturated carbocycles. The molecule has 2 aromatic rings. The van der Waals surface area contributed by atoms with Gasteiger partial charge in [-0.25, -0.2) is 4.79 Å². The number of benzene rings is 2. The summed E-state index contributed by atoms with van der Waals surface area (Å²) in [6, 6.07) is 13.3. The first kappa shape index (κ1) is 23.2. The van der Waals surface area contributed by atoms with E-state index < -0.39 is 24.0 Å². The fraction of sp³-hybridized carbons (Fsp3) is 0.348. The number of anilines is 1. The third-order valence-corrected chi connectivity index (χ3v) is 6.00. The summed E-state index contributed by atoms with van der Waals surface area (Å²) < 4.78 is 5.48. The maximum absolute atomic E-state index is 12.9. The number of nitrogens with one attached hydrogen (secondary N) is 1. The molecule has 1 aliphatic heterocycles. The van der Waals surface area contributed by atoms with Gasteiger partial charge in [-0.3, -0.25) is 9.59 Å². The van der Waals surface area contributed by atoms with Gasteiger partial charge in [0.15, 0.2) is 6.10 Å². The molecule has 0 radical (unpaired) electrons. The number of nitrogens with zero attached hydrogens (tertiary/aromatic N) is 1. The van der Waals surface area contributed by atoms with Crippen LogP contribution in [0.15, 0.2) is 48.5 Å². The van der Waals surface area contributed by atoms with Crippen molar-refractivity contribution in [3.8, 4) is 0 Å². The van der Waals surface area contributed by atoms with Gasteiger partial charge in [-0.05, 0) is 67.7 Å². The Morgan fingerprint density at radius 2 is 1.87 bits per heavy atom. The molecule has 0 bridgehead atoms. The molecule has 2 atom stereocenters. The smallest absolute Gasteiger partial charge is 0.329 e.